The van der Waals surface area contributed by atoms with Crippen LogP contribution in [0.2, 0.25) is 0 Å². The van der Waals surface area contributed by atoms with E-state index in [1.54, 1.807) is 7.11 Å². The standard InChI is InChI=1S/C19H27NO4/c1-23-13-12-19(10-6-7-11-19)18(22)20-16(17(21)24-2)14-15-8-4-3-5-9-15/h3-5,8-9,16H,6-7,10-14H2,1-2H3,(H,20,22). The average molecular weight is 333 g/mol. The van der Waals surface area contributed by atoms with Gasteiger partial charge in [-0.05, 0) is 24.8 Å². The lowest BCUT2D eigenvalue weighted by Crippen LogP contribution is -2.49. The molecule has 0 saturated heterocycles. The number of carbonyl (C=O) groups excluding carboxylic acids is 2. The second kappa shape index (κ2) is 8.83. The van der Waals surface area contributed by atoms with Crippen molar-refractivity contribution in [2.75, 3.05) is 20.8 Å². The Balaban J connectivity index is 2.09. The van der Waals surface area contributed by atoms with Crippen LogP contribution in [0.3, 0.4) is 0 Å². The van der Waals surface area contributed by atoms with Crippen LogP contribution in [-0.4, -0.2) is 38.7 Å². The van der Waals surface area contributed by atoms with Crippen molar-refractivity contribution < 1.29 is 19.1 Å². The summed E-state index contributed by atoms with van der Waals surface area (Å²) in [5.74, 6) is -0.463. The summed E-state index contributed by atoms with van der Waals surface area (Å²) in [6, 6.07) is 8.99. The topological polar surface area (TPSA) is 64.6 Å². The number of ether oxygens (including phenoxy) is 2. The molecule has 5 heteroatoms. The summed E-state index contributed by atoms with van der Waals surface area (Å²) < 4.78 is 10.1. The van der Waals surface area contributed by atoms with Crippen molar-refractivity contribution in [3.8, 4) is 0 Å². The minimum atomic E-state index is -0.662. The first-order chi connectivity index (χ1) is 11.6. The van der Waals surface area contributed by atoms with Crippen molar-refractivity contribution in [3.63, 3.8) is 0 Å². The molecule has 1 unspecified atom stereocenters. The van der Waals surface area contributed by atoms with Crippen molar-refractivity contribution in [1.82, 2.24) is 5.32 Å². The van der Waals surface area contributed by atoms with E-state index >= 15 is 0 Å². The maximum absolute atomic E-state index is 12.9. The summed E-state index contributed by atoms with van der Waals surface area (Å²) in [5.41, 5.74) is 0.574. The van der Waals surface area contributed by atoms with E-state index in [0.29, 0.717) is 19.4 Å². The molecule has 1 aliphatic rings. The molecule has 1 aromatic rings. The van der Waals surface area contributed by atoms with Crippen LogP contribution >= 0.6 is 0 Å². The largest absolute Gasteiger partial charge is 0.467 e. The number of benzene rings is 1. The third kappa shape index (κ3) is 4.57. The fourth-order valence-corrected chi connectivity index (χ4v) is 3.44. The zero-order valence-corrected chi connectivity index (χ0v) is 14.5. The third-order valence-corrected chi connectivity index (χ3v) is 4.90. The minimum Gasteiger partial charge on any atom is -0.467 e. The smallest absolute Gasteiger partial charge is 0.328 e. The lowest BCUT2D eigenvalue weighted by Gasteiger charge is -2.29. The molecular formula is C19H27NO4. The van der Waals surface area contributed by atoms with Crippen LogP contribution in [0.1, 0.15) is 37.7 Å². The Morgan fingerprint density at radius 1 is 1.17 bits per heavy atom. The highest BCUT2D eigenvalue weighted by molar-refractivity contribution is 5.88. The van der Waals surface area contributed by atoms with Crippen LogP contribution in [-0.2, 0) is 25.5 Å². The molecular weight excluding hydrogens is 306 g/mol. The predicted octanol–water partition coefficient (Wildman–Crippen LogP) is 2.48. The second-order valence-electron chi connectivity index (χ2n) is 6.47. The highest BCUT2D eigenvalue weighted by Crippen LogP contribution is 2.41. The van der Waals surface area contributed by atoms with Crippen LogP contribution in [0.5, 0.6) is 0 Å². The van der Waals surface area contributed by atoms with E-state index in [9.17, 15) is 9.59 Å². The molecule has 1 aliphatic carbocycles. The zero-order chi connectivity index (χ0) is 17.4. The first kappa shape index (κ1) is 18.5. The van der Waals surface area contributed by atoms with Gasteiger partial charge in [-0.2, -0.15) is 0 Å². The number of carbonyl (C=O) groups is 2. The summed E-state index contributed by atoms with van der Waals surface area (Å²) in [4.78, 5) is 25.0. The molecule has 0 spiro atoms. The zero-order valence-electron chi connectivity index (χ0n) is 14.5. The van der Waals surface area contributed by atoms with Gasteiger partial charge in [0, 0.05) is 20.1 Å². The summed E-state index contributed by atoms with van der Waals surface area (Å²) >= 11 is 0. The van der Waals surface area contributed by atoms with E-state index in [4.69, 9.17) is 9.47 Å². The number of amides is 1. The first-order valence-corrected chi connectivity index (χ1v) is 8.53. The molecule has 24 heavy (non-hydrogen) atoms. The quantitative estimate of drug-likeness (QED) is 0.742. The van der Waals surface area contributed by atoms with Gasteiger partial charge < -0.3 is 14.8 Å². The summed E-state index contributed by atoms with van der Waals surface area (Å²) in [6.45, 7) is 0.551. The lowest BCUT2D eigenvalue weighted by atomic mass is 9.81. The summed E-state index contributed by atoms with van der Waals surface area (Å²) in [5, 5.41) is 2.94. The Morgan fingerprint density at radius 2 is 1.83 bits per heavy atom. The van der Waals surface area contributed by atoms with Gasteiger partial charge in [0.15, 0.2) is 0 Å². The van der Waals surface area contributed by atoms with Gasteiger partial charge in [-0.3, -0.25) is 4.79 Å². The Bertz CT molecular complexity index is 538. The molecule has 0 heterocycles. The summed E-state index contributed by atoms with van der Waals surface area (Å²) in [7, 11) is 3.00. The Morgan fingerprint density at radius 3 is 2.42 bits per heavy atom. The van der Waals surface area contributed by atoms with E-state index in [1.165, 1.54) is 7.11 Å². The fraction of sp³-hybridized carbons (Fsp3) is 0.579. The number of rotatable bonds is 8. The Kier molecular flexibility index (Phi) is 6.79. The predicted molar refractivity (Wildman–Crippen MR) is 91.5 cm³/mol. The van der Waals surface area contributed by atoms with E-state index in [1.807, 2.05) is 30.3 Å². The maximum atomic E-state index is 12.9. The molecule has 0 aromatic heterocycles. The molecule has 0 radical (unpaired) electrons. The molecule has 5 nitrogen and oxygen atoms in total. The number of esters is 1. The molecule has 1 amide bonds. The van der Waals surface area contributed by atoms with Crippen LogP contribution in [0, 0.1) is 5.41 Å². The second-order valence-corrected chi connectivity index (χ2v) is 6.47. The van der Waals surface area contributed by atoms with Crippen LogP contribution in [0.4, 0.5) is 0 Å². The van der Waals surface area contributed by atoms with Crippen LogP contribution < -0.4 is 5.32 Å². The third-order valence-electron chi connectivity index (χ3n) is 4.90. The highest BCUT2D eigenvalue weighted by Gasteiger charge is 2.42. The molecule has 1 saturated carbocycles. The highest BCUT2D eigenvalue weighted by atomic mass is 16.5. The van der Waals surface area contributed by atoms with Crippen molar-refractivity contribution in [2.24, 2.45) is 5.41 Å². The first-order valence-electron chi connectivity index (χ1n) is 8.53. The SMILES string of the molecule is COCCC1(C(=O)NC(Cc2ccccc2)C(=O)OC)CCCC1. The molecule has 2 rings (SSSR count). The van der Waals surface area contributed by atoms with E-state index in [2.05, 4.69) is 5.32 Å². The minimum absolute atomic E-state index is 0.0524. The Labute approximate surface area is 143 Å². The van der Waals surface area contributed by atoms with Crippen LogP contribution in [0.25, 0.3) is 0 Å². The van der Waals surface area contributed by atoms with Crippen LogP contribution in [0.15, 0.2) is 30.3 Å². The van der Waals surface area contributed by atoms with Gasteiger partial charge in [-0.15, -0.1) is 0 Å². The van der Waals surface area contributed by atoms with E-state index in [0.717, 1.165) is 31.2 Å². The average Bonchev–Trinajstić information content (AvgIpc) is 3.09. The number of methoxy groups -OCH3 is 2. The fourth-order valence-electron chi connectivity index (χ4n) is 3.44. The van der Waals surface area contributed by atoms with Gasteiger partial charge in [-0.25, -0.2) is 4.79 Å². The van der Waals surface area contributed by atoms with Gasteiger partial charge in [0.05, 0.1) is 12.5 Å². The van der Waals surface area contributed by atoms with Crippen molar-refractivity contribution in [2.45, 2.75) is 44.6 Å². The molecule has 1 fully saturated rings. The Hall–Kier alpha value is -1.88. The number of hydrogen-bond acceptors (Lipinski definition) is 4. The lowest BCUT2D eigenvalue weighted by molar-refractivity contribution is -0.146. The van der Waals surface area contributed by atoms with E-state index < -0.39 is 17.4 Å². The van der Waals surface area contributed by atoms with Crippen molar-refractivity contribution >= 4 is 11.9 Å². The number of nitrogens with one attached hydrogen (secondary N) is 1. The summed E-state index contributed by atoms with van der Waals surface area (Å²) in [6.07, 6.45) is 4.90. The van der Waals surface area contributed by atoms with Gasteiger partial charge in [0.2, 0.25) is 5.91 Å². The van der Waals surface area contributed by atoms with Gasteiger partial charge in [0.25, 0.3) is 0 Å². The molecule has 0 aliphatic heterocycles. The van der Waals surface area contributed by atoms with Gasteiger partial charge in [-0.1, -0.05) is 43.2 Å². The van der Waals surface area contributed by atoms with Gasteiger partial charge >= 0.3 is 5.97 Å². The monoisotopic (exact) mass is 333 g/mol. The molecule has 1 N–H and O–H groups in total. The number of hydrogen-bond donors (Lipinski definition) is 1. The van der Waals surface area contributed by atoms with Crippen molar-refractivity contribution in [3.05, 3.63) is 35.9 Å². The van der Waals surface area contributed by atoms with Gasteiger partial charge in [0.1, 0.15) is 6.04 Å². The van der Waals surface area contributed by atoms with E-state index in [-0.39, 0.29) is 5.91 Å². The molecule has 1 aromatic carbocycles. The molecule has 0 bridgehead atoms. The normalized spacial score (nSPS) is 17.2. The molecule has 1 atom stereocenters. The maximum Gasteiger partial charge on any atom is 0.328 e. The molecule has 132 valence electrons. The van der Waals surface area contributed by atoms with Crippen molar-refractivity contribution in [1.29, 1.82) is 0 Å².